The van der Waals surface area contributed by atoms with Gasteiger partial charge in [0.25, 0.3) is 0 Å². The summed E-state index contributed by atoms with van der Waals surface area (Å²) in [6.45, 7) is 0.592. The molecule has 0 radical (unpaired) electrons. The number of nitrogens with one attached hydrogen (secondary N) is 2. The van der Waals surface area contributed by atoms with E-state index >= 15 is 0 Å². The second-order valence-electron chi connectivity index (χ2n) is 14.5. The zero-order chi connectivity index (χ0) is 39.1. The molecule has 8 rings (SSSR count). The number of fused-ring (bicyclic) bond motifs is 4. The molecule has 0 saturated carbocycles. The highest BCUT2D eigenvalue weighted by molar-refractivity contribution is 5.85. The van der Waals surface area contributed by atoms with Crippen LogP contribution in [0.2, 0.25) is 0 Å². The number of carbonyl (C=O) groups excluding carboxylic acids is 1. The van der Waals surface area contributed by atoms with Crippen molar-refractivity contribution in [3.8, 4) is 23.0 Å². The van der Waals surface area contributed by atoms with E-state index in [0.29, 0.717) is 41.5 Å². The highest BCUT2D eigenvalue weighted by Gasteiger charge is 2.46. The summed E-state index contributed by atoms with van der Waals surface area (Å²) in [5.74, 6) is 0.370. The molecule has 2 aliphatic heterocycles. The molecule has 3 atom stereocenters. The molecule has 0 aliphatic carbocycles. The van der Waals surface area contributed by atoms with Crippen molar-refractivity contribution in [2.75, 3.05) is 41.5 Å². The zero-order valence-corrected chi connectivity index (χ0v) is 31.8. The van der Waals surface area contributed by atoms with Gasteiger partial charge in [0.15, 0.2) is 23.0 Å². The van der Waals surface area contributed by atoms with E-state index in [0.717, 1.165) is 56.4 Å². The lowest BCUT2D eigenvalue weighted by molar-refractivity contribution is -0.188. The lowest BCUT2D eigenvalue weighted by Crippen LogP contribution is -2.46. The van der Waals surface area contributed by atoms with Crippen LogP contribution in [0.3, 0.4) is 0 Å². The molecule has 0 saturated heterocycles. The minimum atomic E-state index is -5.00. The summed E-state index contributed by atoms with van der Waals surface area (Å²) in [5.41, 5.74) is 8.09. The van der Waals surface area contributed by atoms with E-state index in [1.807, 2.05) is 24.3 Å². The van der Waals surface area contributed by atoms with Crippen molar-refractivity contribution in [1.82, 2.24) is 19.8 Å². The number of aryl methyl sites for hydroxylation is 2. The Balaban J connectivity index is 1.14. The van der Waals surface area contributed by atoms with E-state index in [4.69, 9.17) is 18.9 Å². The maximum absolute atomic E-state index is 14.0. The molecule has 0 spiro atoms. The molecule has 0 bridgehead atoms. The Bertz CT molecular complexity index is 2400. The number of hydrogen-bond donors (Lipinski definition) is 2. The SMILES string of the molecule is COc1cc2c(cc1OC)C(CCc1cn(C3CNC(CCc4c[nH]c5ccccc45)c4cc(OC)c(OC)cc43)c3ccccc13)N(C(=O)C(F)(F)F)CC2. The third kappa shape index (κ3) is 6.69. The second kappa shape index (κ2) is 15.1. The fraction of sp³-hybridized carbons (Fsp3) is 0.341. The summed E-state index contributed by atoms with van der Waals surface area (Å²) < 4.78 is 66.9. The molecule has 0 fully saturated rings. The summed E-state index contributed by atoms with van der Waals surface area (Å²) >= 11 is 0. The lowest BCUT2D eigenvalue weighted by Gasteiger charge is -2.38. The Kier molecular flexibility index (Phi) is 10.1. The maximum atomic E-state index is 14.0. The predicted molar refractivity (Wildman–Crippen MR) is 209 cm³/mol. The fourth-order valence-corrected chi connectivity index (χ4v) is 8.89. The number of aromatic amines is 1. The van der Waals surface area contributed by atoms with Gasteiger partial charge in [-0.3, -0.25) is 4.79 Å². The quantitative estimate of drug-likeness (QED) is 0.137. The van der Waals surface area contributed by atoms with E-state index in [2.05, 4.69) is 69.7 Å². The van der Waals surface area contributed by atoms with E-state index in [-0.39, 0.29) is 31.5 Å². The normalized spacial score (nSPS) is 18.1. The Morgan fingerprint density at radius 3 is 2.11 bits per heavy atom. The number of ether oxygens (including phenoxy) is 4. The van der Waals surface area contributed by atoms with Crippen LogP contribution < -0.4 is 24.3 Å². The van der Waals surface area contributed by atoms with Crippen LogP contribution in [0.1, 0.15) is 64.3 Å². The van der Waals surface area contributed by atoms with Crippen molar-refractivity contribution < 1.29 is 36.9 Å². The molecule has 4 heterocycles. The molecular weight excluding hydrogens is 722 g/mol. The number of carbonyl (C=O) groups is 1. The van der Waals surface area contributed by atoms with Crippen LogP contribution in [-0.4, -0.2) is 68.1 Å². The Morgan fingerprint density at radius 2 is 1.39 bits per heavy atom. The zero-order valence-electron chi connectivity index (χ0n) is 31.8. The standard InChI is InChI=1S/C44H45F3N4O5/c1-53-39-19-26-17-18-50(43(52)44(45,46)47)37(31(26)20-40(39)54-2)16-14-28-25-51(36-12-8-6-10-30(28)36)38-24-49-35(32-21-41(55-3)42(56-4)22-33(32)38)15-13-27-23-48-34-11-7-5-9-29(27)34/h5-12,19-23,25,35,37-38,48-49H,13-18,24H2,1-4H3. The number of rotatable bonds is 11. The van der Waals surface area contributed by atoms with Gasteiger partial charge in [0.2, 0.25) is 0 Å². The molecule has 2 aromatic heterocycles. The van der Waals surface area contributed by atoms with Gasteiger partial charge in [0.1, 0.15) is 0 Å². The first-order valence-corrected chi connectivity index (χ1v) is 18.9. The molecule has 3 unspecified atom stereocenters. The van der Waals surface area contributed by atoms with E-state index in [9.17, 15) is 18.0 Å². The molecule has 6 aromatic rings. The van der Waals surface area contributed by atoms with Gasteiger partial charge >= 0.3 is 12.1 Å². The smallest absolute Gasteiger partial charge is 0.471 e. The lowest BCUT2D eigenvalue weighted by atomic mass is 9.87. The summed E-state index contributed by atoms with van der Waals surface area (Å²) in [4.78, 5) is 17.3. The van der Waals surface area contributed by atoms with Crippen LogP contribution in [0.4, 0.5) is 13.2 Å². The largest absolute Gasteiger partial charge is 0.493 e. The first-order valence-electron chi connectivity index (χ1n) is 18.9. The van der Waals surface area contributed by atoms with Crippen LogP contribution in [0.25, 0.3) is 21.8 Å². The van der Waals surface area contributed by atoms with Gasteiger partial charge in [-0.25, -0.2) is 0 Å². The highest BCUT2D eigenvalue weighted by Crippen LogP contribution is 2.44. The number of hydrogen-bond acceptors (Lipinski definition) is 6. The van der Waals surface area contributed by atoms with E-state index in [1.165, 1.54) is 25.2 Å². The fourth-order valence-electron chi connectivity index (χ4n) is 8.89. The first-order chi connectivity index (χ1) is 27.1. The monoisotopic (exact) mass is 766 g/mol. The molecule has 4 aromatic carbocycles. The van der Waals surface area contributed by atoms with Gasteiger partial charge in [0.05, 0.1) is 40.5 Å². The van der Waals surface area contributed by atoms with Crippen molar-refractivity contribution >= 4 is 27.7 Å². The third-order valence-electron chi connectivity index (χ3n) is 11.6. The number of para-hydroxylation sites is 2. The maximum Gasteiger partial charge on any atom is 0.471 e. The van der Waals surface area contributed by atoms with E-state index < -0.39 is 18.1 Å². The summed E-state index contributed by atoms with van der Waals surface area (Å²) in [6, 6.07) is 23.2. The molecular formula is C44H45F3N4O5. The number of halogens is 3. The van der Waals surface area contributed by atoms with Gasteiger partial charge in [-0.15, -0.1) is 0 Å². The van der Waals surface area contributed by atoms with Crippen molar-refractivity contribution in [2.45, 2.75) is 56.4 Å². The van der Waals surface area contributed by atoms with Gasteiger partial charge in [-0.05, 0) is 102 Å². The Labute approximate surface area is 323 Å². The number of nitrogens with zero attached hydrogens (tertiary/aromatic N) is 2. The van der Waals surface area contributed by atoms with Crippen LogP contribution in [-0.2, 0) is 24.1 Å². The second-order valence-corrected chi connectivity index (χ2v) is 14.5. The van der Waals surface area contributed by atoms with Crippen LogP contribution in [0, 0.1) is 0 Å². The van der Waals surface area contributed by atoms with Crippen LogP contribution in [0.5, 0.6) is 23.0 Å². The van der Waals surface area contributed by atoms with Crippen molar-refractivity contribution in [3.05, 3.63) is 119 Å². The average Bonchev–Trinajstić information content (AvgIpc) is 3.81. The summed E-state index contributed by atoms with van der Waals surface area (Å²) in [7, 11) is 6.30. The molecule has 2 N–H and O–H groups in total. The molecule has 292 valence electrons. The van der Waals surface area contributed by atoms with Gasteiger partial charge in [0, 0.05) is 53.3 Å². The first kappa shape index (κ1) is 37.3. The third-order valence-corrected chi connectivity index (χ3v) is 11.6. The topological polar surface area (TPSA) is 90.0 Å². The molecule has 2 aliphatic rings. The van der Waals surface area contributed by atoms with Crippen LogP contribution >= 0.6 is 0 Å². The number of benzene rings is 4. The van der Waals surface area contributed by atoms with Crippen molar-refractivity contribution in [2.24, 2.45) is 0 Å². The molecule has 1 amide bonds. The number of aromatic nitrogens is 2. The van der Waals surface area contributed by atoms with Crippen LogP contribution in [0.15, 0.2) is 85.2 Å². The number of H-pyrrole nitrogens is 1. The molecule has 9 nitrogen and oxygen atoms in total. The molecule has 12 heteroatoms. The average molecular weight is 767 g/mol. The van der Waals surface area contributed by atoms with Crippen molar-refractivity contribution in [1.29, 1.82) is 0 Å². The van der Waals surface area contributed by atoms with Gasteiger partial charge < -0.3 is 38.7 Å². The van der Waals surface area contributed by atoms with E-state index in [1.54, 1.807) is 20.3 Å². The Morgan fingerprint density at radius 1 is 0.768 bits per heavy atom. The number of amides is 1. The molecule has 56 heavy (non-hydrogen) atoms. The highest BCUT2D eigenvalue weighted by atomic mass is 19.4. The van der Waals surface area contributed by atoms with Crippen molar-refractivity contribution in [3.63, 3.8) is 0 Å². The summed E-state index contributed by atoms with van der Waals surface area (Å²) in [6.07, 6.45) is 1.93. The number of alkyl halides is 3. The summed E-state index contributed by atoms with van der Waals surface area (Å²) in [5, 5.41) is 6.08. The van der Waals surface area contributed by atoms with Gasteiger partial charge in [-0.2, -0.15) is 13.2 Å². The Hall–Kier alpha value is -5.62. The minimum absolute atomic E-state index is 0.0510. The van der Waals surface area contributed by atoms with Gasteiger partial charge in [-0.1, -0.05) is 36.4 Å². The minimum Gasteiger partial charge on any atom is -0.493 e. The number of methoxy groups -OCH3 is 4. The predicted octanol–water partition coefficient (Wildman–Crippen LogP) is 8.64.